The van der Waals surface area contributed by atoms with Gasteiger partial charge in [0.2, 0.25) is 11.8 Å². The molecule has 2 N–H and O–H groups in total. The van der Waals surface area contributed by atoms with E-state index >= 15 is 0 Å². The molecule has 3 heterocycles. The first-order chi connectivity index (χ1) is 12.1. The molecule has 128 valence electrons. The molecule has 1 aromatic heterocycles. The largest absolute Gasteiger partial charge is 0.390 e. The molecule has 1 saturated heterocycles. The third-order valence-electron chi connectivity index (χ3n) is 4.47. The highest BCUT2D eigenvalue weighted by Gasteiger charge is 2.39. The SMILES string of the molecule is O=C1CCC(N2Cc3cc(-n4cc(CO)nn4)ccc3C2=O)C(=O)N1. The molecule has 0 saturated carbocycles. The molecule has 4 rings (SSSR count). The molecule has 1 atom stereocenters. The number of piperidine rings is 1. The maximum atomic E-state index is 12.6. The van der Waals surface area contributed by atoms with Gasteiger partial charge in [0, 0.05) is 18.5 Å². The van der Waals surface area contributed by atoms with E-state index in [1.807, 2.05) is 6.07 Å². The third kappa shape index (κ3) is 2.58. The molecule has 3 amide bonds. The third-order valence-corrected chi connectivity index (χ3v) is 4.47. The van der Waals surface area contributed by atoms with Gasteiger partial charge in [-0.3, -0.25) is 19.7 Å². The second-order valence-electron chi connectivity index (χ2n) is 6.05. The Bertz CT molecular complexity index is 890. The Kier molecular flexibility index (Phi) is 3.57. The number of imide groups is 1. The fraction of sp³-hybridized carbons (Fsp3) is 0.312. The van der Waals surface area contributed by atoms with Crippen molar-refractivity contribution in [1.29, 1.82) is 0 Å². The van der Waals surface area contributed by atoms with Crippen molar-refractivity contribution in [3.63, 3.8) is 0 Å². The van der Waals surface area contributed by atoms with E-state index in [2.05, 4.69) is 15.6 Å². The summed E-state index contributed by atoms with van der Waals surface area (Å²) < 4.78 is 1.52. The molecule has 2 aromatic rings. The summed E-state index contributed by atoms with van der Waals surface area (Å²) >= 11 is 0. The van der Waals surface area contributed by atoms with Gasteiger partial charge in [-0.25, -0.2) is 4.68 Å². The van der Waals surface area contributed by atoms with Gasteiger partial charge in [0.25, 0.3) is 5.91 Å². The predicted octanol–water partition coefficient (Wildman–Crippen LogP) is -0.479. The minimum absolute atomic E-state index is 0.202. The van der Waals surface area contributed by atoms with Crippen LogP contribution in [0.1, 0.15) is 34.5 Å². The first kappa shape index (κ1) is 15.5. The summed E-state index contributed by atoms with van der Waals surface area (Å²) in [5.74, 6) is -0.953. The van der Waals surface area contributed by atoms with Crippen LogP contribution in [0.15, 0.2) is 24.4 Å². The van der Waals surface area contributed by atoms with E-state index in [9.17, 15) is 14.4 Å². The number of nitrogens with zero attached hydrogens (tertiary/aromatic N) is 4. The molecule has 0 bridgehead atoms. The lowest BCUT2D eigenvalue weighted by Gasteiger charge is -2.29. The number of fused-ring (bicyclic) bond motifs is 1. The summed E-state index contributed by atoms with van der Waals surface area (Å²) in [6.45, 7) is 0.0998. The number of nitrogens with one attached hydrogen (secondary N) is 1. The molecule has 1 aromatic carbocycles. The van der Waals surface area contributed by atoms with Crippen LogP contribution in [0.5, 0.6) is 0 Å². The topological polar surface area (TPSA) is 117 Å². The van der Waals surface area contributed by atoms with Crippen LogP contribution in [0.25, 0.3) is 5.69 Å². The van der Waals surface area contributed by atoms with Gasteiger partial charge in [0.15, 0.2) is 0 Å². The van der Waals surface area contributed by atoms with Crippen LogP contribution >= 0.6 is 0 Å². The van der Waals surface area contributed by atoms with Crippen molar-refractivity contribution in [3.8, 4) is 5.69 Å². The molecule has 1 unspecified atom stereocenters. The van der Waals surface area contributed by atoms with Crippen molar-refractivity contribution in [2.24, 2.45) is 0 Å². The summed E-state index contributed by atoms with van der Waals surface area (Å²) in [4.78, 5) is 37.4. The van der Waals surface area contributed by atoms with Gasteiger partial charge >= 0.3 is 0 Å². The summed E-state index contributed by atoms with van der Waals surface area (Å²) in [7, 11) is 0. The van der Waals surface area contributed by atoms with Gasteiger partial charge in [-0.05, 0) is 30.2 Å². The lowest BCUT2D eigenvalue weighted by Crippen LogP contribution is -2.52. The molecule has 9 nitrogen and oxygen atoms in total. The van der Waals surface area contributed by atoms with E-state index in [4.69, 9.17) is 5.11 Å². The van der Waals surface area contributed by atoms with Crippen LogP contribution in [0, 0.1) is 0 Å². The van der Waals surface area contributed by atoms with Crippen molar-refractivity contribution in [3.05, 3.63) is 41.2 Å². The predicted molar refractivity (Wildman–Crippen MR) is 83.3 cm³/mol. The van der Waals surface area contributed by atoms with Gasteiger partial charge in [-0.15, -0.1) is 5.10 Å². The van der Waals surface area contributed by atoms with Gasteiger partial charge in [-0.2, -0.15) is 0 Å². The first-order valence-corrected chi connectivity index (χ1v) is 7.87. The highest BCUT2D eigenvalue weighted by atomic mass is 16.3. The minimum atomic E-state index is -0.631. The van der Waals surface area contributed by atoms with Crippen molar-refractivity contribution < 1.29 is 19.5 Å². The Morgan fingerprint density at radius 1 is 1.28 bits per heavy atom. The molecule has 0 radical (unpaired) electrons. The Morgan fingerprint density at radius 3 is 2.84 bits per heavy atom. The number of amides is 3. The summed E-state index contributed by atoms with van der Waals surface area (Å²) in [5.41, 5.74) is 2.48. The fourth-order valence-electron chi connectivity index (χ4n) is 3.20. The van der Waals surface area contributed by atoms with Crippen molar-refractivity contribution in [2.45, 2.75) is 32.0 Å². The average Bonchev–Trinajstić information content (AvgIpc) is 3.20. The highest BCUT2D eigenvalue weighted by Crippen LogP contribution is 2.28. The fourth-order valence-corrected chi connectivity index (χ4v) is 3.20. The standard InChI is InChI=1S/C16H15N5O4/c22-8-10-7-21(19-18-10)11-1-2-12-9(5-11)6-20(16(12)25)13-3-4-14(23)17-15(13)24/h1-2,5,7,13,22H,3-4,6,8H2,(H,17,23,24). The van der Waals surface area contributed by atoms with Gasteiger partial charge in [-0.1, -0.05) is 5.21 Å². The molecular weight excluding hydrogens is 326 g/mol. The molecule has 9 heteroatoms. The summed E-state index contributed by atoms with van der Waals surface area (Å²) in [5, 5.41) is 19.1. The lowest BCUT2D eigenvalue weighted by molar-refractivity contribution is -0.136. The lowest BCUT2D eigenvalue weighted by atomic mass is 10.0. The quantitative estimate of drug-likeness (QED) is 0.728. The molecule has 25 heavy (non-hydrogen) atoms. The molecule has 1 fully saturated rings. The monoisotopic (exact) mass is 341 g/mol. The number of carbonyl (C=O) groups excluding carboxylic acids is 3. The van der Waals surface area contributed by atoms with E-state index in [1.165, 1.54) is 9.58 Å². The van der Waals surface area contributed by atoms with E-state index in [0.29, 0.717) is 29.9 Å². The maximum Gasteiger partial charge on any atom is 0.255 e. The number of carbonyl (C=O) groups is 3. The zero-order valence-electron chi connectivity index (χ0n) is 13.2. The number of hydrogen-bond donors (Lipinski definition) is 2. The normalized spacial score (nSPS) is 20.0. The number of aliphatic hydroxyl groups is 1. The summed E-state index contributed by atoms with van der Waals surface area (Å²) in [6, 6.07) is 4.61. The van der Waals surface area contributed by atoms with E-state index in [1.54, 1.807) is 18.3 Å². The molecule has 0 spiro atoms. The number of benzene rings is 1. The van der Waals surface area contributed by atoms with Crippen LogP contribution in [0.4, 0.5) is 0 Å². The van der Waals surface area contributed by atoms with Crippen LogP contribution in [0.3, 0.4) is 0 Å². The van der Waals surface area contributed by atoms with Crippen LogP contribution in [-0.4, -0.2) is 48.8 Å². The number of hydrogen-bond acceptors (Lipinski definition) is 6. The zero-order chi connectivity index (χ0) is 17.6. The van der Waals surface area contributed by atoms with E-state index in [-0.39, 0.29) is 24.8 Å². The molecule has 2 aliphatic rings. The number of aromatic nitrogens is 3. The van der Waals surface area contributed by atoms with Crippen LogP contribution < -0.4 is 5.32 Å². The zero-order valence-corrected chi connectivity index (χ0v) is 13.2. The first-order valence-electron chi connectivity index (χ1n) is 7.87. The van der Waals surface area contributed by atoms with E-state index in [0.717, 1.165) is 5.56 Å². The van der Waals surface area contributed by atoms with Crippen LogP contribution in [-0.2, 0) is 22.7 Å². The minimum Gasteiger partial charge on any atom is -0.390 e. The van der Waals surface area contributed by atoms with Gasteiger partial charge < -0.3 is 10.0 Å². The van der Waals surface area contributed by atoms with Gasteiger partial charge in [0.1, 0.15) is 11.7 Å². The Hall–Kier alpha value is -3.07. The van der Waals surface area contributed by atoms with Crippen LogP contribution in [0.2, 0.25) is 0 Å². The van der Waals surface area contributed by atoms with E-state index < -0.39 is 11.9 Å². The maximum absolute atomic E-state index is 12.6. The molecular formula is C16H15N5O4. The Balaban J connectivity index is 1.61. The van der Waals surface area contributed by atoms with Crippen molar-refractivity contribution >= 4 is 17.7 Å². The van der Waals surface area contributed by atoms with Gasteiger partial charge in [0.05, 0.1) is 18.5 Å². The second-order valence-corrected chi connectivity index (χ2v) is 6.05. The number of rotatable bonds is 3. The second kappa shape index (κ2) is 5.78. The summed E-state index contributed by atoms with van der Waals surface area (Å²) in [6.07, 6.45) is 2.17. The highest BCUT2D eigenvalue weighted by molar-refractivity contribution is 6.05. The average molecular weight is 341 g/mol. The number of aliphatic hydroxyl groups excluding tert-OH is 1. The smallest absolute Gasteiger partial charge is 0.255 e. The van der Waals surface area contributed by atoms with Crippen molar-refractivity contribution in [2.75, 3.05) is 0 Å². The molecule has 0 aliphatic carbocycles. The molecule has 2 aliphatic heterocycles. The van der Waals surface area contributed by atoms with Crippen molar-refractivity contribution in [1.82, 2.24) is 25.2 Å². The Morgan fingerprint density at radius 2 is 2.12 bits per heavy atom. The Labute approximate surface area is 142 Å².